The molecule has 1 aliphatic heterocycles. The van der Waals surface area contributed by atoms with Crippen molar-refractivity contribution in [3.8, 4) is 0 Å². The molecule has 0 radical (unpaired) electrons. The molecule has 0 fully saturated rings. The second-order valence-corrected chi connectivity index (χ2v) is 5.40. The predicted octanol–water partition coefficient (Wildman–Crippen LogP) is 0.304. The van der Waals surface area contributed by atoms with Gasteiger partial charge in [-0.3, -0.25) is 4.79 Å². The van der Waals surface area contributed by atoms with E-state index in [0.29, 0.717) is 4.31 Å². The van der Waals surface area contributed by atoms with Crippen LogP contribution in [0.2, 0.25) is 0 Å². The van der Waals surface area contributed by atoms with Crippen LogP contribution in [-0.2, 0) is 14.8 Å². The van der Waals surface area contributed by atoms with E-state index in [1.54, 1.807) is 0 Å². The number of carboxylic acid groups (broad SMARTS) is 1. The van der Waals surface area contributed by atoms with Crippen LogP contribution in [-0.4, -0.2) is 35.7 Å². The zero-order valence-electron chi connectivity index (χ0n) is 8.82. The quantitative estimate of drug-likeness (QED) is 0.820. The van der Waals surface area contributed by atoms with Gasteiger partial charge in [-0.05, 0) is 19.1 Å². The van der Waals surface area contributed by atoms with E-state index in [4.69, 9.17) is 5.11 Å². The van der Waals surface area contributed by atoms with E-state index in [9.17, 15) is 18.0 Å². The van der Waals surface area contributed by atoms with Crippen molar-refractivity contribution in [2.45, 2.75) is 17.9 Å². The monoisotopic (exact) mass is 255 g/mol. The van der Waals surface area contributed by atoms with Crippen molar-refractivity contribution in [3.05, 3.63) is 29.8 Å². The number of rotatable bonds is 2. The van der Waals surface area contributed by atoms with Gasteiger partial charge in [0.2, 0.25) is 0 Å². The third-order valence-corrected chi connectivity index (χ3v) is 4.48. The molecule has 1 heterocycles. The van der Waals surface area contributed by atoms with E-state index in [1.165, 1.54) is 24.3 Å². The summed E-state index contributed by atoms with van der Waals surface area (Å²) in [4.78, 5) is 22.5. The summed E-state index contributed by atoms with van der Waals surface area (Å²) >= 11 is 0. The fourth-order valence-electron chi connectivity index (χ4n) is 1.69. The lowest BCUT2D eigenvalue weighted by atomic mass is 10.2. The van der Waals surface area contributed by atoms with Gasteiger partial charge in [0, 0.05) is 0 Å². The molecule has 1 N–H and O–H groups in total. The van der Waals surface area contributed by atoms with Gasteiger partial charge in [0.15, 0.2) is 0 Å². The summed E-state index contributed by atoms with van der Waals surface area (Å²) in [6, 6.07) is 4.25. The number of carbonyl (C=O) groups excluding carboxylic acids is 1. The average Bonchev–Trinajstić information content (AvgIpc) is 2.47. The molecule has 0 unspecified atom stereocenters. The Morgan fingerprint density at radius 1 is 1.35 bits per heavy atom. The molecule has 0 saturated heterocycles. The molecular weight excluding hydrogens is 246 g/mol. The highest BCUT2D eigenvalue weighted by Gasteiger charge is 2.45. The third-order valence-electron chi connectivity index (χ3n) is 2.56. The van der Waals surface area contributed by atoms with Crippen molar-refractivity contribution < 1.29 is 23.1 Å². The molecule has 1 atom stereocenters. The molecule has 0 aromatic heterocycles. The van der Waals surface area contributed by atoms with Crippen LogP contribution in [0.25, 0.3) is 0 Å². The Kier molecular flexibility index (Phi) is 2.43. The number of fused-ring (bicyclic) bond motifs is 1. The molecule has 7 heteroatoms. The van der Waals surface area contributed by atoms with Crippen molar-refractivity contribution in [1.29, 1.82) is 0 Å². The molecule has 0 bridgehead atoms. The Labute approximate surface area is 97.5 Å². The molecular formula is C10H9NO5S. The van der Waals surface area contributed by atoms with E-state index in [-0.39, 0.29) is 10.5 Å². The smallest absolute Gasteiger partial charge is 0.327 e. The second-order valence-electron chi connectivity index (χ2n) is 3.62. The molecule has 1 amide bonds. The molecule has 2 rings (SSSR count). The molecule has 6 nitrogen and oxygen atoms in total. The van der Waals surface area contributed by atoms with E-state index in [1.807, 2.05) is 0 Å². The third kappa shape index (κ3) is 1.50. The summed E-state index contributed by atoms with van der Waals surface area (Å²) in [6.07, 6.45) is 0. The van der Waals surface area contributed by atoms with Crippen LogP contribution in [0.15, 0.2) is 29.2 Å². The maximum atomic E-state index is 12.0. The van der Waals surface area contributed by atoms with Gasteiger partial charge in [0.25, 0.3) is 15.9 Å². The SMILES string of the molecule is C[C@H](C(=O)O)N1C(=O)c2ccccc2S1(=O)=O. The van der Waals surface area contributed by atoms with Crippen molar-refractivity contribution in [1.82, 2.24) is 4.31 Å². The summed E-state index contributed by atoms with van der Waals surface area (Å²) in [5, 5.41) is 8.81. The Morgan fingerprint density at radius 2 is 1.94 bits per heavy atom. The molecule has 0 aliphatic carbocycles. The molecule has 1 aliphatic rings. The van der Waals surface area contributed by atoms with Gasteiger partial charge in [-0.2, -0.15) is 0 Å². The first-order chi connectivity index (χ1) is 7.87. The van der Waals surface area contributed by atoms with Gasteiger partial charge in [0.05, 0.1) is 5.56 Å². The fraction of sp³-hybridized carbons (Fsp3) is 0.200. The van der Waals surface area contributed by atoms with Crippen LogP contribution in [0.5, 0.6) is 0 Å². The van der Waals surface area contributed by atoms with E-state index in [2.05, 4.69) is 0 Å². The van der Waals surface area contributed by atoms with Gasteiger partial charge in [0.1, 0.15) is 10.9 Å². The Hall–Kier alpha value is -1.89. The maximum absolute atomic E-state index is 12.0. The lowest BCUT2D eigenvalue weighted by molar-refractivity contribution is -0.140. The van der Waals surface area contributed by atoms with Crippen LogP contribution >= 0.6 is 0 Å². The molecule has 1 aromatic rings. The van der Waals surface area contributed by atoms with Gasteiger partial charge < -0.3 is 5.11 Å². The van der Waals surface area contributed by atoms with Gasteiger partial charge in [-0.1, -0.05) is 12.1 Å². The van der Waals surface area contributed by atoms with Crippen LogP contribution in [0.4, 0.5) is 0 Å². The number of benzene rings is 1. The summed E-state index contributed by atoms with van der Waals surface area (Å²) in [6.45, 7) is 1.16. The van der Waals surface area contributed by atoms with Gasteiger partial charge >= 0.3 is 5.97 Å². The van der Waals surface area contributed by atoms with Crippen LogP contribution in [0.3, 0.4) is 0 Å². The Morgan fingerprint density at radius 3 is 2.47 bits per heavy atom. The minimum absolute atomic E-state index is 0.0144. The average molecular weight is 255 g/mol. The van der Waals surface area contributed by atoms with Crippen molar-refractivity contribution in [3.63, 3.8) is 0 Å². The number of hydrogen-bond donors (Lipinski definition) is 1. The zero-order chi connectivity index (χ0) is 12.8. The summed E-state index contributed by atoms with van der Waals surface area (Å²) in [5.74, 6) is -2.16. The number of carbonyl (C=O) groups is 2. The van der Waals surface area contributed by atoms with Gasteiger partial charge in [-0.15, -0.1) is 0 Å². The molecule has 1 aromatic carbocycles. The standard InChI is InChI=1S/C10H9NO5S/c1-6(10(13)14)11-9(12)7-4-2-3-5-8(7)17(11,15)16/h2-6H,1H3,(H,13,14)/t6-/m1/s1. The van der Waals surface area contributed by atoms with Crippen molar-refractivity contribution in [2.75, 3.05) is 0 Å². The van der Waals surface area contributed by atoms with Crippen molar-refractivity contribution in [2.24, 2.45) is 0 Å². The first-order valence-corrected chi connectivity index (χ1v) is 6.22. The highest BCUT2D eigenvalue weighted by Crippen LogP contribution is 2.31. The number of carboxylic acids is 1. The summed E-state index contributed by atoms with van der Waals surface area (Å²) in [7, 11) is -4.04. The number of nitrogens with zero attached hydrogens (tertiary/aromatic N) is 1. The lowest BCUT2D eigenvalue weighted by Crippen LogP contribution is -2.42. The minimum atomic E-state index is -4.04. The van der Waals surface area contributed by atoms with Crippen LogP contribution in [0.1, 0.15) is 17.3 Å². The maximum Gasteiger partial charge on any atom is 0.327 e. The molecule has 90 valence electrons. The predicted molar refractivity (Wildman–Crippen MR) is 56.9 cm³/mol. The first-order valence-electron chi connectivity index (χ1n) is 4.78. The topological polar surface area (TPSA) is 91.8 Å². The lowest BCUT2D eigenvalue weighted by Gasteiger charge is -2.19. The van der Waals surface area contributed by atoms with E-state index >= 15 is 0 Å². The number of amides is 1. The molecule has 0 spiro atoms. The minimum Gasteiger partial charge on any atom is -0.480 e. The highest BCUT2D eigenvalue weighted by molar-refractivity contribution is 7.90. The van der Waals surface area contributed by atoms with Crippen molar-refractivity contribution >= 4 is 21.9 Å². The fourth-order valence-corrected chi connectivity index (χ4v) is 3.41. The second kappa shape index (κ2) is 3.56. The van der Waals surface area contributed by atoms with Crippen LogP contribution in [0, 0.1) is 0 Å². The van der Waals surface area contributed by atoms with E-state index in [0.717, 1.165) is 6.92 Å². The number of hydrogen-bond acceptors (Lipinski definition) is 4. The van der Waals surface area contributed by atoms with Gasteiger partial charge in [-0.25, -0.2) is 17.5 Å². The van der Waals surface area contributed by atoms with Crippen LogP contribution < -0.4 is 0 Å². The first kappa shape index (κ1) is 11.6. The zero-order valence-corrected chi connectivity index (χ0v) is 9.64. The highest BCUT2D eigenvalue weighted by atomic mass is 32.2. The Balaban J connectivity index is 2.63. The number of sulfonamides is 1. The molecule has 17 heavy (non-hydrogen) atoms. The summed E-state index contributed by atoms with van der Waals surface area (Å²) < 4.78 is 24.4. The normalized spacial score (nSPS) is 18.9. The number of aliphatic carboxylic acids is 1. The molecule has 0 saturated carbocycles. The Bertz CT molecular complexity index is 607. The largest absolute Gasteiger partial charge is 0.480 e. The summed E-state index contributed by atoms with van der Waals surface area (Å²) in [5.41, 5.74) is 0.0144. The van der Waals surface area contributed by atoms with E-state index < -0.39 is 27.9 Å².